The highest BCUT2D eigenvalue weighted by molar-refractivity contribution is 7.90. The summed E-state index contributed by atoms with van der Waals surface area (Å²) < 4.78 is 39.1. The Bertz CT molecular complexity index is 571. The predicted molar refractivity (Wildman–Crippen MR) is 55.5 cm³/mol. The second kappa shape index (κ2) is 3.33. The average molecular weight is 269 g/mol. The minimum atomic E-state index is -3.94. The lowest BCUT2D eigenvalue weighted by Gasteiger charge is -2.14. The van der Waals surface area contributed by atoms with Gasteiger partial charge in [-0.05, 0) is 23.7 Å². The molecule has 1 aliphatic heterocycles. The molecule has 4 nitrogen and oxygen atoms in total. The topological polar surface area (TPSA) is 58.5 Å². The molecule has 15 heavy (non-hydrogen) atoms. The third-order valence-electron chi connectivity index (χ3n) is 1.74. The fourth-order valence-electron chi connectivity index (χ4n) is 1.13. The van der Waals surface area contributed by atoms with Gasteiger partial charge in [-0.2, -0.15) is 8.42 Å². The number of amidine groups is 1. The summed E-state index contributed by atoms with van der Waals surface area (Å²) in [7, 11) is -3.94. The molecule has 0 bridgehead atoms. The van der Waals surface area contributed by atoms with Crippen molar-refractivity contribution >= 4 is 44.2 Å². The second-order valence-corrected chi connectivity index (χ2v) is 5.08. The Morgan fingerprint density at radius 1 is 1.33 bits per heavy atom. The molecule has 0 atom stereocenters. The summed E-state index contributed by atoms with van der Waals surface area (Å²) in [6, 6.07) is 1.94. The molecule has 0 aliphatic carbocycles. The fraction of sp³-hybridized carbons (Fsp3) is 0. The van der Waals surface area contributed by atoms with Crippen molar-refractivity contribution in [2.24, 2.45) is 4.40 Å². The fourth-order valence-corrected chi connectivity index (χ4v) is 2.66. The zero-order valence-electron chi connectivity index (χ0n) is 6.96. The molecule has 0 saturated heterocycles. The molecule has 1 aromatic carbocycles. The normalized spacial score (nSPS) is 17.7. The maximum Gasteiger partial charge on any atom is 0.287 e. The summed E-state index contributed by atoms with van der Waals surface area (Å²) in [5.41, 5.74) is 0.112. The van der Waals surface area contributed by atoms with E-state index in [0.29, 0.717) is 0 Å². The van der Waals surface area contributed by atoms with E-state index in [1.807, 2.05) is 0 Å². The smallest absolute Gasteiger partial charge is 0.287 e. The van der Waals surface area contributed by atoms with Crippen LogP contribution < -0.4 is 5.32 Å². The number of rotatable bonds is 0. The molecule has 1 heterocycles. The summed E-state index contributed by atoms with van der Waals surface area (Å²) in [6.45, 7) is 0. The number of hydrogen-bond donors (Lipinski definition) is 1. The third-order valence-corrected chi connectivity index (χ3v) is 3.62. The van der Waals surface area contributed by atoms with Crippen LogP contribution in [-0.4, -0.2) is 13.7 Å². The van der Waals surface area contributed by atoms with Crippen LogP contribution in [0.5, 0.6) is 0 Å². The van der Waals surface area contributed by atoms with Gasteiger partial charge < -0.3 is 5.32 Å². The Morgan fingerprint density at radius 2 is 2.00 bits per heavy atom. The van der Waals surface area contributed by atoms with E-state index in [9.17, 15) is 12.8 Å². The van der Waals surface area contributed by atoms with Crippen LogP contribution in [0.2, 0.25) is 5.02 Å². The van der Waals surface area contributed by atoms with Gasteiger partial charge in [-0.3, -0.25) is 0 Å². The van der Waals surface area contributed by atoms with Crippen LogP contribution in [-0.2, 0) is 10.0 Å². The number of nitrogens with zero attached hydrogens (tertiary/aromatic N) is 1. The van der Waals surface area contributed by atoms with E-state index >= 15 is 0 Å². The van der Waals surface area contributed by atoms with Gasteiger partial charge in [0.15, 0.2) is 0 Å². The molecule has 0 spiro atoms. The van der Waals surface area contributed by atoms with Gasteiger partial charge in [0.2, 0.25) is 5.29 Å². The highest BCUT2D eigenvalue weighted by Crippen LogP contribution is 2.32. The van der Waals surface area contributed by atoms with Crippen LogP contribution in [0.25, 0.3) is 0 Å². The molecule has 0 fully saturated rings. The lowest BCUT2D eigenvalue weighted by atomic mass is 10.3. The number of anilines is 1. The summed E-state index contributed by atoms with van der Waals surface area (Å²) in [5, 5.41) is 1.98. The molecule has 1 aliphatic rings. The lowest BCUT2D eigenvalue weighted by molar-refractivity contribution is 0.592. The van der Waals surface area contributed by atoms with E-state index in [-0.39, 0.29) is 20.9 Å². The Morgan fingerprint density at radius 3 is 2.67 bits per heavy atom. The molecule has 0 amide bonds. The van der Waals surface area contributed by atoms with Crippen LogP contribution in [0.1, 0.15) is 0 Å². The van der Waals surface area contributed by atoms with Crippen molar-refractivity contribution < 1.29 is 12.8 Å². The van der Waals surface area contributed by atoms with Gasteiger partial charge in [0.1, 0.15) is 10.7 Å². The highest BCUT2D eigenvalue weighted by atomic mass is 35.5. The molecular weight excluding hydrogens is 266 g/mol. The molecule has 0 saturated carbocycles. The Kier molecular flexibility index (Phi) is 2.37. The maximum absolute atomic E-state index is 13.0. The van der Waals surface area contributed by atoms with Crippen LogP contribution in [0, 0.1) is 5.82 Å². The minimum Gasteiger partial charge on any atom is -0.329 e. The quantitative estimate of drug-likeness (QED) is 0.734. The maximum atomic E-state index is 13.0. The van der Waals surface area contributed by atoms with E-state index < -0.39 is 15.8 Å². The van der Waals surface area contributed by atoms with Crippen molar-refractivity contribution in [1.29, 1.82) is 0 Å². The zero-order chi connectivity index (χ0) is 11.2. The van der Waals surface area contributed by atoms with Crippen molar-refractivity contribution in [1.82, 2.24) is 0 Å². The van der Waals surface area contributed by atoms with Crippen molar-refractivity contribution in [2.75, 3.05) is 5.32 Å². The summed E-state index contributed by atoms with van der Waals surface area (Å²) in [5.74, 6) is -0.825. The molecule has 8 heteroatoms. The van der Waals surface area contributed by atoms with Gasteiger partial charge >= 0.3 is 0 Å². The monoisotopic (exact) mass is 268 g/mol. The number of sulfonamides is 1. The van der Waals surface area contributed by atoms with Gasteiger partial charge in [0.25, 0.3) is 10.0 Å². The van der Waals surface area contributed by atoms with Crippen molar-refractivity contribution in [3.8, 4) is 0 Å². The number of benzene rings is 1. The van der Waals surface area contributed by atoms with Gasteiger partial charge in [-0.15, -0.1) is 4.40 Å². The van der Waals surface area contributed by atoms with Crippen LogP contribution in [0.4, 0.5) is 10.1 Å². The van der Waals surface area contributed by atoms with E-state index in [4.69, 9.17) is 23.2 Å². The number of fused-ring (bicyclic) bond motifs is 1. The average Bonchev–Trinajstić information content (AvgIpc) is 2.07. The van der Waals surface area contributed by atoms with E-state index in [1.165, 1.54) is 0 Å². The van der Waals surface area contributed by atoms with Crippen LogP contribution >= 0.6 is 23.2 Å². The van der Waals surface area contributed by atoms with E-state index in [0.717, 1.165) is 12.1 Å². The van der Waals surface area contributed by atoms with Crippen molar-refractivity contribution in [3.63, 3.8) is 0 Å². The van der Waals surface area contributed by atoms with E-state index in [2.05, 4.69) is 9.71 Å². The van der Waals surface area contributed by atoms with Gasteiger partial charge in [-0.25, -0.2) is 4.39 Å². The molecule has 80 valence electrons. The number of halogens is 3. The second-order valence-electron chi connectivity index (χ2n) is 2.74. The standard InChI is InChI=1S/C7H3Cl2FN2O2S/c8-3-1-5-6(2-4(3)10)15(13,14)12-7(9)11-5/h1-2H,(H,11,12). The summed E-state index contributed by atoms with van der Waals surface area (Å²) in [6.07, 6.45) is 0. The third kappa shape index (κ3) is 1.80. The molecule has 0 radical (unpaired) electrons. The number of hydrogen-bond acceptors (Lipinski definition) is 3. The van der Waals surface area contributed by atoms with Gasteiger partial charge in [-0.1, -0.05) is 11.6 Å². The predicted octanol–water partition coefficient (Wildman–Crippen LogP) is 2.19. The molecular formula is C7H3Cl2FN2O2S. The largest absolute Gasteiger partial charge is 0.329 e. The molecule has 0 unspecified atom stereocenters. The molecule has 2 rings (SSSR count). The lowest BCUT2D eigenvalue weighted by Crippen LogP contribution is -2.17. The highest BCUT2D eigenvalue weighted by Gasteiger charge is 2.25. The minimum absolute atomic E-state index is 0.112. The Hall–Kier alpha value is -0.850. The molecule has 1 aromatic rings. The SMILES string of the molecule is O=S1(=O)N=C(Cl)Nc2cc(Cl)c(F)cc21. The zero-order valence-corrected chi connectivity index (χ0v) is 9.29. The first kappa shape index (κ1) is 10.7. The van der Waals surface area contributed by atoms with Crippen LogP contribution in [0.15, 0.2) is 21.4 Å². The first-order valence-corrected chi connectivity index (χ1v) is 5.86. The molecule has 0 aromatic heterocycles. The Balaban J connectivity index is 2.75. The summed E-state index contributed by atoms with van der Waals surface area (Å²) >= 11 is 10.9. The Labute approximate surface area is 94.8 Å². The molecule has 1 N–H and O–H groups in total. The van der Waals surface area contributed by atoms with Gasteiger partial charge in [0, 0.05) is 0 Å². The van der Waals surface area contributed by atoms with Gasteiger partial charge in [0.05, 0.1) is 10.7 Å². The first-order chi connectivity index (χ1) is 6.90. The van der Waals surface area contributed by atoms with Crippen molar-refractivity contribution in [3.05, 3.63) is 23.0 Å². The summed E-state index contributed by atoms with van der Waals surface area (Å²) in [4.78, 5) is -0.284. The number of nitrogens with one attached hydrogen (secondary N) is 1. The van der Waals surface area contributed by atoms with E-state index in [1.54, 1.807) is 0 Å². The first-order valence-electron chi connectivity index (χ1n) is 3.67. The van der Waals surface area contributed by atoms with Crippen molar-refractivity contribution in [2.45, 2.75) is 4.90 Å². The van der Waals surface area contributed by atoms with Crippen LogP contribution in [0.3, 0.4) is 0 Å².